The van der Waals surface area contributed by atoms with Crippen LogP contribution in [0.4, 0.5) is 0 Å². The van der Waals surface area contributed by atoms with Crippen molar-refractivity contribution in [1.29, 1.82) is 0 Å². The first-order valence-electron chi connectivity index (χ1n) is 8.25. The van der Waals surface area contributed by atoms with Crippen LogP contribution < -0.4 is 0 Å². The molecular weight excluding hydrogens is 332 g/mol. The van der Waals surface area contributed by atoms with E-state index in [9.17, 15) is 15.0 Å². The summed E-state index contributed by atoms with van der Waals surface area (Å²) in [5.74, 6) is 0.0783. The first kappa shape index (κ1) is 18.0. The molecule has 0 fully saturated rings. The summed E-state index contributed by atoms with van der Waals surface area (Å²) >= 11 is 0. The number of benzene rings is 2. The van der Waals surface area contributed by atoms with Gasteiger partial charge in [0.2, 0.25) is 0 Å². The minimum atomic E-state index is -1.61. The van der Waals surface area contributed by atoms with Gasteiger partial charge in [-0.25, -0.2) is 4.98 Å². The number of aryl methyl sites for hydroxylation is 1. The van der Waals surface area contributed by atoms with Crippen molar-refractivity contribution in [3.63, 3.8) is 0 Å². The maximum atomic E-state index is 12.8. The Morgan fingerprint density at radius 2 is 1.92 bits per heavy atom. The van der Waals surface area contributed by atoms with Gasteiger partial charge in [-0.05, 0) is 24.6 Å². The molecule has 2 atom stereocenters. The number of ketones is 1. The van der Waals surface area contributed by atoms with Crippen LogP contribution in [0.3, 0.4) is 0 Å². The number of carbonyl (C=O) groups is 1. The highest BCUT2D eigenvalue weighted by molar-refractivity contribution is 6.06. The van der Waals surface area contributed by atoms with Gasteiger partial charge in [0.05, 0.1) is 17.6 Å². The number of rotatable bonds is 6. The van der Waals surface area contributed by atoms with E-state index in [1.807, 2.05) is 0 Å². The Hall–Kier alpha value is -2.80. The van der Waals surface area contributed by atoms with Crippen molar-refractivity contribution in [3.05, 3.63) is 71.1 Å². The van der Waals surface area contributed by atoms with Crippen LogP contribution in [-0.2, 0) is 0 Å². The molecule has 3 aromatic rings. The molecule has 0 aliphatic rings. The van der Waals surface area contributed by atoms with Crippen molar-refractivity contribution in [2.45, 2.75) is 19.1 Å². The zero-order valence-electron chi connectivity index (χ0n) is 14.3. The lowest BCUT2D eigenvalue weighted by Crippen LogP contribution is -2.28. The number of nitrogens with zero attached hydrogens (tertiary/aromatic N) is 1. The van der Waals surface area contributed by atoms with E-state index in [1.165, 1.54) is 6.08 Å². The molecule has 1 aromatic heterocycles. The Morgan fingerprint density at radius 1 is 1.19 bits per heavy atom. The molecule has 0 spiro atoms. The Balaban J connectivity index is 2.03. The van der Waals surface area contributed by atoms with Crippen LogP contribution in [0.15, 0.2) is 48.5 Å². The Bertz CT molecular complexity index is 947. The molecule has 0 aliphatic carbocycles. The molecular formula is C20H20N2O4. The summed E-state index contributed by atoms with van der Waals surface area (Å²) < 4.78 is 0. The van der Waals surface area contributed by atoms with Crippen molar-refractivity contribution in [3.8, 4) is 0 Å². The van der Waals surface area contributed by atoms with Gasteiger partial charge < -0.3 is 20.3 Å². The van der Waals surface area contributed by atoms with E-state index in [-0.39, 0.29) is 12.2 Å². The molecule has 6 nitrogen and oxygen atoms in total. The number of Topliss-reactive ketones (excluding diaryl/α,β-unsaturated/α-hetero) is 1. The van der Waals surface area contributed by atoms with Gasteiger partial charge in [-0.1, -0.05) is 42.5 Å². The number of carbonyl (C=O) groups excluding carboxylic acids is 1. The van der Waals surface area contributed by atoms with Crippen molar-refractivity contribution in [1.82, 2.24) is 9.97 Å². The molecule has 4 N–H and O–H groups in total. The Labute approximate surface area is 150 Å². The number of hydrogen-bond donors (Lipinski definition) is 4. The third-order valence-corrected chi connectivity index (χ3v) is 4.18. The second kappa shape index (κ2) is 7.61. The molecule has 0 saturated heterocycles. The molecule has 0 aliphatic heterocycles. The quantitative estimate of drug-likeness (QED) is 0.509. The summed E-state index contributed by atoms with van der Waals surface area (Å²) in [5.41, 5.74) is 2.49. The first-order valence-corrected chi connectivity index (χ1v) is 8.25. The molecule has 0 amide bonds. The predicted octanol–water partition coefficient (Wildman–Crippen LogP) is 2.15. The van der Waals surface area contributed by atoms with E-state index in [4.69, 9.17) is 5.11 Å². The summed E-state index contributed by atoms with van der Waals surface area (Å²) in [4.78, 5) is 20.3. The highest BCUT2D eigenvalue weighted by Gasteiger charge is 2.28. The van der Waals surface area contributed by atoms with Gasteiger partial charge in [-0.3, -0.25) is 4.79 Å². The fourth-order valence-corrected chi connectivity index (χ4v) is 2.91. The third kappa shape index (κ3) is 3.43. The summed E-state index contributed by atoms with van der Waals surface area (Å²) in [6, 6.07) is 11.8. The summed E-state index contributed by atoms with van der Waals surface area (Å²) in [7, 11) is 0. The van der Waals surface area contributed by atoms with Gasteiger partial charge in [0.15, 0.2) is 5.78 Å². The molecule has 0 radical (unpaired) electrons. The molecule has 0 bridgehead atoms. The SMILES string of the molecule is Cc1nc2c(C=CCO)c(C(=O)[C@H](O)[C@@H](O)c3ccccc3)ccc2[nH]1. The number of nitrogens with one attached hydrogen (secondary N) is 1. The summed E-state index contributed by atoms with van der Waals surface area (Å²) in [6.45, 7) is 1.61. The van der Waals surface area contributed by atoms with Crippen LogP contribution in [-0.4, -0.2) is 43.8 Å². The van der Waals surface area contributed by atoms with E-state index < -0.39 is 18.0 Å². The smallest absolute Gasteiger partial charge is 0.194 e. The average molecular weight is 352 g/mol. The van der Waals surface area contributed by atoms with E-state index in [1.54, 1.807) is 55.5 Å². The molecule has 6 heteroatoms. The van der Waals surface area contributed by atoms with Crippen LogP contribution >= 0.6 is 0 Å². The maximum absolute atomic E-state index is 12.8. The summed E-state index contributed by atoms with van der Waals surface area (Å²) in [5, 5.41) is 29.9. The largest absolute Gasteiger partial charge is 0.392 e. The minimum absolute atomic E-state index is 0.192. The highest BCUT2D eigenvalue weighted by Crippen LogP contribution is 2.26. The topological polar surface area (TPSA) is 106 Å². The van der Waals surface area contributed by atoms with E-state index in [0.29, 0.717) is 22.5 Å². The lowest BCUT2D eigenvalue weighted by molar-refractivity contribution is 0.0204. The van der Waals surface area contributed by atoms with Gasteiger partial charge in [0.1, 0.15) is 18.0 Å². The van der Waals surface area contributed by atoms with E-state index >= 15 is 0 Å². The molecule has 26 heavy (non-hydrogen) atoms. The maximum Gasteiger partial charge on any atom is 0.194 e. The second-order valence-electron chi connectivity index (χ2n) is 5.99. The molecule has 134 valence electrons. The number of H-pyrrole nitrogens is 1. The van der Waals surface area contributed by atoms with E-state index in [2.05, 4.69) is 9.97 Å². The normalized spacial score (nSPS) is 14.0. The van der Waals surface area contributed by atoms with Gasteiger partial charge >= 0.3 is 0 Å². The lowest BCUT2D eigenvalue weighted by Gasteiger charge is -2.18. The molecule has 0 unspecified atom stereocenters. The molecule has 2 aromatic carbocycles. The van der Waals surface area contributed by atoms with Crippen LogP contribution in [0, 0.1) is 6.92 Å². The number of hydrogen-bond acceptors (Lipinski definition) is 5. The zero-order valence-corrected chi connectivity index (χ0v) is 14.3. The standard InChI is InChI=1S/C20H20N2O4/c1-12-21-16-10-9-15(14(8-5-11-23)17(16)22-12)19(25)20(26)18(24)13-6-3-2-4-7-13/h2-10,18,20,23-24,26H,11H2,1H3,(H,21,22)/t18-,20+/m0/s1. The number of aliphatic hydroxyl groups excluding tert-OH is 3. The van der Waals surface area contributed by atoms with Gasteiger partial charge in [-0.2, -0.15) is 0 Å². The van der Waals surface area contributed by atoms with Gasteiger partial charge in [0, 0.05) is 11.1 Å². The number of aliphatic hydroxyl groups is 3. The minimum Gasteiger partial charge on any atom is -0.392 e. The van der Waals surface area contributed by atoms with Crippen LogP contribution in [0.5, 0.6) is 0 Å². The lowest BCUT2D eigenvalue weighted by atomic mass is 9.93. The Morgan fingerprint density at radius 3 is 2.62 bits per heavy atom. The molecule has 3 rings (SSSR count). The van der Waals surface area contributed by atoms with Crippen LogP contribution in [0.2, 0.25) is 0 Å². The average Bonchev–Trinajstić information content (AvgIpc) is 3.05. The van der Waals surface area contributed by atoms with Crippen LogP contribution in [0.1, 0.15) is 33.4 Å². The highest BCUT2D eigenvalue weighted by atomic mass is 16.3. The van der Waals surface area contributed by atoms with Gasteiger partial charge in [0.25, 0.3) is 0 Å². The number of aromatic nitrogens is 2. The predicted molar refractivity (Wildman–Crippen MR) is 98.7 cm³/mol. The summed E-state index contributed by atoms with van der Waals surface area (Å²) in [6.07, 6.45) is 0.138. The fraction of sp³-hybridized carbons (Fsp3) is 0.200. The fourth-order valence-electron chi connectivity index (χ4n) is 2.91. The monoisotopic (exact) mass is 352 g/mol. The third-order valence-electron chi connectivity index (χ3n) is 4.18. The molecule has 0 saturated carbocycles. The number of fused-ring (bicyclic) bond motifs is 1. The molecule has 1 heterocycles. The number of aromatic amines is 1. The van der Waals surface area contributed by atoms with E-state index in [0.717, 1.165) is 5.52 Å². The van der Waals surface area contributed by atoms with Crippen LogP contribution in [0.25, 0.3) is 17.1 Å². The Kier molecular flexibility index (Phi) is 5.27. The van der Waals surface area contributed by atoms with Crippen molar-refractivity contribution in [2.75, 3.05) is 6.61 Å². The van der Waals surface area contributed by atoms with Gasteiger partial charge in [-0.15, -0.1) is 0 Å². The zero-order chi connectivity index (χ0) is 18.7. The van der Waals surface area contributed by atoms with Crippen molar-refractivity contribution < 1.29 is 20.1 Å². The first-order chi connectivity index (χ1) is 12.5. The van der Waals surface area contributed by atoms with Crippen molar-refractivity contribution >= 4 is 22.9 Å². The number of imidazole rings is 1. The van der Waals surface area contributed by atoms with Crippen molar-refractivity contribution in [2.24, 2.45) is 0 Å². The second-order valence-corrected chi connectivity index (χ2v) is 5.99.